The summed E-state index contributed by atoms with van der Waals surface area (Å²) in [6, 6.07) is 10.5. The lowest BCUT2D eigenvalue weighted by atomic mass is 10.0. The van der Waals surface area contributed by atoms with Gasteiger partial charge in [0.15, 0.2) is 5.82 Å². The van der Waals surface area contributed by atoms with E-state index in [1.54, 1.807) is 0 Å². The van der Waals surface area contributed by atoms with Gasteiger partial charge >= 0.3 is 0 Å². The minimum absolute atomic E-state index is 0.844. The monoisotopic (exact) mass is 283 g/mol. The van der Waals surface area contributed by atoms with E-state index >= 15 is 0 Å². The van der Waals surface area contributed by atoms with Crippen molar-refractivity contribution in [2.75, 3.05) is 11.9 Å². The van der Waals surface area contributed by atoms with Crippen molar-refractivity contribution in [3.63, 3.8) is 0 Å². The second-order valence-corrected chi connectivity index (χ2v) is 5.26. The maximum atomic E-state index is 4.76. The number of anilines is 1. The number of nitrogens with one attached hydrogen (secondary N) is 1. The summed E-state index contributed by atoms with van der Waals surface area (Å²) in [5.74, 6) is 1.79. The molecule has 0 radical (unpaired) electrons. The van der Waals surface area contributed by atoms with Gasteiger partial charge in [0.25, 0.3) is 0 Å². The summed E-state index contributed by atoms with van der Waals surface area (Å²) in [5.41, 5.74) is 3.57. The molecule has 1 aromatic carbocycles. The number of benzene rings is 1. The molecule has 0 unspecified atom stereocenters. The fourth-order valence-electron chi connectivity index (χ4n) is 2.39. The largest absolute Gasteiger partial charge is 0.370 e. The van der Waals surface area contributed by atoms with Gasteiger partial charge in [-0.2, -0.15) is 0 Å². The summed E-state index contributed by atoms with van der Waals surface area (Å²) in [5, 5.41) is 3.39. The Bertz CT molecular complexity index is 578. The van der Waals surface area contributed by atoms with Crippen molar-refractivity contribution in [3.8, 4) is 11.4 Å². The average Bonchev–Trinajstić information content (AvgIpc) is 2.53. The van der Waals surface area contributed by atoms with Crippen molar-refractivity contribution in [2.45, 2.75) is 46.5 Å². The lowest BCUT2D eigenvalue weighted by Crippen LogP contribution is -2.06. The van der Waals surface area contributed by atoms with Crippen molar-refractivity contribution >= 4 is 5.82 Å². The van der Waals surface area contributed by atoms with E-state index in [1.807, 2.05) is 0 Å². The average molecular weight is 283 g/mol. The predicted molar refractivity (Wildman–Crippen MR) is 89.6 cm³/mol. The van der Waals surface area contributed by atoms with Gasteiger partial charge in [0, 0.05) is 23.9 Å². The number of rotatable bonds is 7. The van der Waals surface area contributed by atoms with Crippen molar-refractivity contribution in [2.24, 2.45) is 0 Å². The summed E-state index contributed by atoms with van der Waals surface area (Å²) in [7, 11) is 0. The summed E-state index contributed by atoms with van der Waals surface area (Å²) in [6.45, 7) is 7.46. The van der Waals surface area contributed by atoms with Crippen LogP contribution in [0.1, 0.15) is 44.9 Å². The van der Waals surface area contributed by atoms with Crippen LogP contribution in [0.15, 0.2) is 30.3 Å². The smallest absolute Gasteiger partial charge is 0.162 e. The maximum Gasteiger partial charge on any atom is 0.162 e. The van der Waals surface area contributed by atoms with Gasteiger partial charge in [-0.15, -0.1) is 0 Å². The first kappa shape index (κ1) is 15.5. The standard InChI is InChI=1S/C18H25N3/c1-4-9-15-13-17(19-12-5-2)21-18(20-15)16-11-8-7-10-14(16)6-3/h7-8,10-11,13H,4-6,9,12H2,1-3H3,(H,19,20,21). The number of aryl methyl sites for hydroxylation is 2. The highest BCUT2D eigenvalue weighted by atomic mass is 15.0. The molecule has 2 rings (SSSR count). The molecule has 0 fully saturated rings. The van der Waals surface area contributed by atoms with E-state index in [2.05, 4.69) is 56.4 Å². The zero-order valence-corrected chi connectivity index (χ0v) is 13.3. The molecule has 0 saturated heterocycles. The van der Waals surface area contributed by atoms with E-state index in [-0.39, 0.29) is 0 Å². The van der Waals surface area contributed by atoms with Crippen LogP contribution in [0.4, 0.5) is 5.82 Å². The van der Waals surface area contributed by atoms with Crippen LogP contribution in [0.2, 0.25) is 0 Å². The first-order chi connectivity index (χ1) is 10.3. The van der Waals surface area contributed by atoms with Crippen molar-refractivity contribution in [1.29, 1.82) is 0 Å². The quantitative estimate of drug-likeness (QED) is 0.814. The minimum atomic E-state index is 0.844. The Morgan fingerprint density at radius 1 is 1.00 bits per heavy atom. The lowest BCUT2D eigenvalue weighted by molar-refractivity contribution is 0.871. The van der Waals surface area contributed by atoms with E-state index in [0.717, 1.165) is 55.1 Å². The second kappa shape index (κ2) is 7.77. The minimum Gasteiger partial charge on any atom is -0.370 e. The molecule has 3 heteroatoms. The number of hydrogen-bond acceptors (Lipinski definition) is 3. The van der Waals surface area contributed by atoms with Crippen molar-refractivity contribution in [1.82, 2.24) is 9.97 Å². The van der Waals surface area contributed by atoms with Crippen LogP contribution in [0, 0.1) is 0 Å². The molecule has 1 N–H and O–H groups in total. The molecule has 2 aromatic rings. The summed E-state index contributed by atoms with van der Waals surface area (Å²) < 4.78 is 0. The van der Waals surface area contributed by atoms with E-state index in [9.17, 15) is 0 Å². The molecule has 0 bridgehead atoms. The summed E-state index contributed by atoms with van der Waals surface area (Å²) in [6.07, 6.45) is 4.17. The van der Waals surface area contributed by atoms with Gasteiger partial charge in [0.1, 0.15) is 5.82 Å². The Labute approximate surface area is 127 Å². The molecule has 0 amide bonds. The Hall–Kier alpha value is -1.90. The van der Waals surface area contributed by atoms with Crippen LogP contribution < -0.4 is 5.32 Å². The summed E-state index contributed by atoms with van der Waals surface area (Å²) >= 11 is 0. The molecule has 0 spiro atoms. The summed E-state index contributed by atoms with van der Waals surface area (Å²) in [4.78, 5) is 9.47. The molecular weight excluding hydrogens is 258 g/mol. The molecule has 0 atom stereocenters. The Morgan fingerprint density at radius 2 is 1.81 bits per heavy atom. The molecule has 1 aromatic heterocycles. The van der Waals surface area contributed by atoms with Gasteiger partial charge in [-0.05, 0) is 24.8 Å². The molecule has 21 heavy (non-hydrogen) atoms. The van der Waals surface area contributed by atoms with Gasteiger partial charge in [-0.1, -0.05) is 51.5 Å². The van der Waals surface area contributed by atoms with Crippen molar-refractivity contribution in [3.05, 3.63) is 41.6 Å². The Morgan fingerprint density at radius 3 is 2.52 bits per heavy atom. The molecule has 1 heterocycles. The Kier molecular flexibility index (Phi) is 5.73. The number of hydrogen-bond donors (Lipinski definition) is 1. The van der Waals surface area contributed by atoms with Gasteiger partial charge in [-0.25, -0.2) is 9.97 Å². The van der Waals surface area contributed by atoms with Gasteiger partial charge in [0.2, 0.25) is 0 Å². The van der Waals surface area contributed by atoms with Crippen LogP contribution in [0.5, 0.6) is 0 Å². The third kappa shape index (κ3) is 4.03. The van der Waals surface area contributed by atoms with Crippen LogP contribution >= 0.6 is 0 Å². The topological polar surface area (TPSA) is 37.8 Å². The van der Waals surface area contributed by atoms with Gasteiger partial charge in [0.05, 0.1) is 0 Å². The van der Waals surface area contributed by atoms with Gasteiger partial charge in [-0.3, -0.25) is 0 Å². The fraction of sp³-hybridized carbons (Fsp3) is 0.444. The van der Waals surface area contributed by atoms with E-state index in [0.29, 0.717) is 0 Å². The molecule has 3 nitrogen and oxygen atoms in total. The number of aromatic nitrogens is 2. The highest BCUT2D eigenvalue weighted by Gasteiger charge is 2.09. The number of nitrogens with zero attached hydrogens (tertiary/aromatic N) is 2. The maximum absolute atomic E-state index is 4.76. The lowest BCUT2D eigenvalue weighted by Gasteiger charge is -2.11. The van der Waals surface area contributed by atoms with E-state index in [1.165, 1.54) is 5.56 Å². The normalized spacial score (nSPS) is 10.6. The SMILES string of the molecule is CCCNc1cc(CCC)nc(-c2ccccc2CC)n1. The Balaban J connectivity index is 2.43. The van der Waals surface area contributed by atoms with Gasteiger partial charge < -0.3 is 5.32 Å². The van der Waals surface area contributed by atoms with Crippen LogP contribution in [0.25, 0.3) is 11.4 Å². The molecule has 0 aliphatic rings. The molecule has 0 aliphatic carbocycles. The van der Waals surface area contributed by atoms with Crippen LogP contribution in [-0.4, -0.2) is 16.5 Å². The second-order valence-electron chi connectivity index (χ2n) is 5.26. The third-order valence-electron chi connectivity index (χ3n) is 3.48. The fourth-order valence-corrected chi connectivity index (χ4v) is 2.39. The first-order valence-corrected chi connectivity index (χ1v) is 7.98. The van der Waals surface area contributed by atoms with E-state index in [4.69, 9.17) is 9.97 Å². The van der Waals surface area contributed by atoms with Crippen molar-refractivity contribution < 1.29 is 0 Å². The first-order valence-electron chi connectivity index (χ1n) is 7.98. The van der Waals surface area contributed by atoms with E-state index < -0.39 is 0 Å². The predicted octanol–water partition coefficient (Wildman–Crippen LogP) is 4.48. The molecular formula is C18H25N3. The van der Waals surface area contributed by atoms with Crippen LogP contribution in [0.3, 0.4) is 0 Å². The zero-order valence-electron chi connectivity index (χ0n) is 13.3. The highest BCUT2D eigenvalue weighted by molar-refractivity contribution is 5.62. The zero-order chi connectivity index (χ0) is 15.1. The highest BCUT2D eigenvalue weighted by Crippen LogP contribution is 2.23. The molecule has 0 aliphatic heterocycles. The van der Waals surface area contributed by atoms with Crippen LogP contribution in [-0.2, 0) is 12.8 Å². The third-order valence-corrected chi connectivity index (χ3v) is 3.48. The molecule has 0 saturated carbocycles. The molecule has 112 valence electrons.